The topological polar surface area (TPSA) is 48.1 Å². The number of fused-ring (bicyclic) bond motifs is 1. The van der Waals surface area contributed by atoms with Gasteiger partial charge < -0.3 is 10.5 Å². The predicted molar refractivity (Wildman–Crippen MR) is 83.1 cm³/mol. The maximum absolute atomic E-state index is 12.2. The molecule has 0 amide bonds. The van der Waals surface area contributed by atoms with Crippen LogP contribution < -0.4 is 10.5 Å². The van der Waals surface area contributed by atoms with Gasteiger partial charge in [0.1, 0.15) is 19.0 Å². The van der Waals surface area contributed by atoms with Crippen LogP contribution in [0.4, 0.5) is 10.1 Å². The van der Waals surface area contributed by atoms with Gasteiger partial charge in [-0.2, -0.15) is 0 Å². The molecule has 3 aromatic rings. The van der Waals surface area contributed by atoms with Crippen LogP contribution in [-0.4, -0.2) is 18.3 Å². The third-order valence-electron chi connectivity index (χ3n) is 3.22. The lowest BCUT2D eigenvalue weighted by molar-refractivity contribution is 0.273. The largest absolute Gasteiger partial charge is 0.491 e. The number of hydrogen-bond acceptors (Lipinski definition) is 3. The minimum absolute atomic E-state index is 0.0587. The van der Waals surface area contributed by atoms with Crippen molar-refractivity contribution in [3.63, 3.8) is 0 Å². The average molecular weight is 281 g/mol. The molecule has 3 nitrogen and oxygen atoms in total. The summed E-state index contributed by atoms with van der Waals surface area (Å²) >= 11 is 0. The third kappa shape index (κ3) is 2.94. The Morgan fingerprint density at radius 2 is 1.76 bits per heavy atom. The van der Waals surface area contributed by atoms with Crippen LogP contribution >= 0.6 is 0 Å². The summed E-state index contributed by atoms with van der Waals surface area (Å²) in [6.07, 6.45) is 0. The van der Waals surface area contributed by atoms with E-state index in [0.29, 0.717) is 5.75 Å². The molecule has 2 aromatic carbocycles. The van der Waals surface area contributed by atoms with Gasteiger partial charge in [-0.1, -0.05) is 18.2 Å². The summed E-state index contributed by atoms with van der Waals surface area (Å²) in [5, 5.41) is 1.02. The number of nitrogens with zero attached hydrogens (tertiary/aromatic N) is 1. The van der Waals surface area contributed by atoms with E-state index >= 15 is 0 Å². The smallest absolute Gasteiger partial charge is 0.123 e. The molecule has 4 heteroatoms. The van der Waals surface area contributed by atoms with Gasteiger partial charge in [-0.15, -0.1) is 0 Å². The van der Waals surface area contributed by atoms with Crippen molar-refractivity contribution in [3.05, 3.63) is 54.6 Å². The molecule has 1 aromatic heterocycles. The minimum Gasteiger partial charge on any atom is -0.491 e. The van der Waals surface area contributed by atoms with E-state index in [1.807, 2.05) is 54.6 Å². The number of hydrogen-bond donors (Lipinski definition) is 1. The lowest BCUT2D eigenvalue weighted by atomic mass is 10.1. The minimum atomic E-state index is -0.503. The van der Waals surface area contributed by atoms with Gasteiger partial charge in [-0.05, 0) is 30.3 Å². The first-order chi connectivity index (χ1) is 10.3. The first-order valence-electron chi connectivity index (χ1n) is 6.72. The Bertz CT molecular complexity index is 756. The molecule has 0 saturated carbocycles. The Hall–Kier alpha value is -2.62. The zero-order chi connectivity index (χ0) is 14.7. The highest BCUT2D eigenvalue weighted by Crippen LogP contribution is 2.24. The Kier molecular flexibility index (Phi) is 3.69. The molecule has 21 heavy (non-hydrogen) atoms. The van der Waals surface area contributed by atoms with E-state index in [1.165, 1.54) is 0 Å². The molecule has 0 aliphatic heterocycles. The van der Waals surface area contributed by atoms with Crippen LogP contribution in [0.3, 0.4) is 0 Å². The van der Waals surface area contributed by atoms with Crippen LogP contribution in [0.1, 0.15) is 0 Å². The molecule has 0 aliphatic carbocycles. The number of aromatic nitrogens is 1. The summed E-state index contributed by atoms with van der Waals surface area (Å²) in [4.78, 5) is 4.63. The zero-order valence-electron chi connectivity index (χ0n) is 11.4. The van der Waals surface area contributed by atoms with Crippen molar-refractivity contribution >= 4 is 16.6 Å². The van der Waals surface area contributed by atoms with Crippen molar-refractivity contribution in [1.29, 1.82) is 0 Å². The fraction of sp³-hybridized carbons (Fsp3) is 0.118. The molecule has 0 unspecified atom stereocenters. The number of rotatable bonds is 4. The van der Waals surface area contributed by atoms with Crippen molar-refractivity contribution in [1.82, 2.24) is 4.98 Å². The SMILES string of the molecule is Nc1ccc(-c2ccc3ccc(OCC[18F])cc3n2)cc1. The molecule has 0 radical (unpaired) electrons. The van der Waals surface area contributed by atoms with Crippen LogP contribution in [0.25, 0.3) is 22.2 Å². The Morgan fingerprint density at radius 1 is 1.00 bits per heavy atom. The van der Waals surface area contributed by atoms with Gasteiger partial charge in [0.15, 0.2) is 0 Å². The summed E-state index contributed by atoms with van der Waals surface area (Å²) in [6, 6.07) is 17.1. The number of alkyl halides is 1. The van der Waals surface area contributed by atoms with Crippen LogP contribution in [0.15, 0.2) is 54.6 Å². The summed E-state index contributed by atoms with van der Waals surface area (Å²) in [7, 11) is 0. The molecule has 2 N–H and O–H groups in total. The third-order valence-corrected chi connectivity index (χ3v) is 3.22. The molecule has 1 heterocycles. The fourth-order valence-electron chi connectivity index (χ4n) is 2.16. The highest BCUT2D eigenvalue weighted by Gasteiger charge is 2.03. The lowest BCUT2D eigenvalue weighted by Crippen LogP contribution is -1.98. The summed E-state index contributed by atoms with van der Waals surface area (Å²) < 4.78 is 17.5. The number of benzene rings is 2. The van der Waals surface area contributed by atoms with E-state index in [2.05, 4.69) is 4.98 Å². The van der Waals surface area contributed by atoms with E-state index in [4.69, 9.17) is 10.5 Å². The van der Waals surface area contributed by atoms with E-state index < -0.39 is 6.67 Å². The van der Waals surface area contributed by atoms with Gasteiger partial charge in [0, 0.05) is 22.7 Å². The number of nitrogens with two attached hydrogens (primary N) is 1. The number of pyridine rings is 1. The Labute approximate surface area is 122 Å². The monoisotopic (exact) mass is 281 g/mol. The van der Waals surface area contributed by atoms with Gasteiger partial charge in [0.2, 0.25) is 0 Å². The van der Waals surface area contributed by atoms with Crippen molar-refractivity contribution < 1.29 is 9.13 Å². The second-order valence-corrected chi connectivity index (χ2v) is 4.71. The Morgan fingerprint density at radius 3 is 2.52 bits per heavy atom. The molecule has 0 bridgehead atoms. The van der Waals surface area contributed by atoms with E-state index in [9.17, 15) is 4.39 Å². The highest BCUT2D eigenvalue weighted by molar-refractivity contribution is 5.83. The van der Waals surface area contributed by atoms with Gasteiger partial charge in [0.25, 0.3) is 0 Å². The molecule has 0 atom stereocenters. The summed E-state index contributed by atoms with van der Waals surface area (Å²) in [5.74, 6) is 0.627. The number of anilines is 1. The normalized spacial score (nSPS) is 10.7. The predicted octanol–water partition coefficient (Wildman–Crippen LogP) is 3.83. The average Bonchev–Trinajstić information content (AvgIpc) is 2.53. The van der Waals surface area contributed by atoms with Crippen LogP contribution in [-0.2, 0) is 0 Å². The number of ether oxygens (including phenoxy) is 1. The molecule has 0 fully saturated rings. The van der Waals surface area contributed by atoms with Crippen molar-refractivity contribution in [2.45, 2.75) is 0 Å². The van der Waals surface area contributed by atoms with E-state index in [0.717, 1.165) is 27.8 Å². The first-order valence-corrected chi connectivity index (χ1v) is 6.72. The van der Waals surface area contributed by atoms with Crippen molar-refractivity contribution in [2.75, 3.05) is 19.0 Å². The maximum atomic E-state index is 12.2. The molecule has 0 saturated heterocycles. The Balaban J connectivity index is 1.99. The fourth-order valence-corrected chi connectivity index (χ4v) is 2.16. The van der Waals surface area contributed by atoms with E-state index in [1.54, 1.807) is 0 Å². The van der Waals surface area contributed by atoms with Gasteiger partial charge in [-0.3, -0.25) is 0 Å². The van der Waals surface area contributed by atoms with Gasteiger partial charge in [-0.25, -0.2) is 9.37 Å². The quantitative estimate of drug-likeness (QED) is 0.739. The molecular weight excluding hydrogens is 266 g/mol. The molecule has 3 rings (SSSR count). The second kappa shape index (κ2) is 5.79. The van der Waals surface area contributed by atoms with Crippen LogP contribution in [0.5, 0.6) is 5.75 Å². The van der Waals surface area contributed by atoms with Gasteiger partial charge >= 0.3 is 0 Å². The summed E-state index contributed by atoms with van der Waals surface area (Å²) in [5.41, 5.74) is 9.10. The first kappa shape index (κ1) is 13.4. The molecular formula is C17H15FN2O. The number of halogens is 1. The standard InChI is InChI=1S/C17H15FN2O/c18-9-10-21-15-7-3-13-4-8-16(20-17(13)11-15)12-1-5-14(19)6-2-12/h1-8,11H,9-10,19H2/i18-1. The lowest BCUT2D eigenvalue weighted by Gasteiger charge is -2.07. The van der Waals surface area contributed by atoms with E-state index in [-0.39, 0.29) is 6.61 Å². The molecule has 106 valence electrons. The highest BCUT2D eigenvalue weighted by atomic mass is 18.2. The summed E-state index contributed by atoms with van der Waals surface area (Å²) in [6.45, 7) is -0.444. The maximum Gasteiger partial charge on any atom is 0.123 e. The van der Waals surface area contributed by atoms with Gasteiger partial charge in [0.05, 0.1) is 11.2 Å². The molecule has 0 spiro atoms. The van der Waals surface area contributed by atoms with Crippen LogP contribution in [0.2, 0.25) is 0 Å². The second-order valence-electron chi connectivity index (χ2n) is 4.71. The van der Waals surface area contributed by atoms with Crippen molar-refractivity contribution in [3.8, 4) is 17.0 Å². The zero-order valence-corrected chi connectivity index (χ0v) is 11.4. The number of nitrogen functional groups attached to an aromatic ring is 1. The van der Waals surface area contributed by atoms with Crippen LogP contribution in [0, 0.1) is 0 Å². The molecule has 0 aliphatic rings. The van der Waals surface area contributed by atoms with Crippen molar-refractivity contribution in [2.24, 2.45) is 0 Å².